The smallest absolute Gasteiger partial charge is 0.245 e. The molecule has 128 valence electrons. The fourth-order valence-corrected chi connectivity index (χ4v) is 5.58. The maximum Gasteiger partial charge on any atom is 0.245 e. The average Bonchev–Trinajstić information content (AvgIpc) is 2.50. The number of amides is 1. The lowest BCUT2D eigenvalue weighted by atomic mass is 9.90. The molecule has 0 aromatic carbocycles. The summed E-state index contributed by atoms with van der Waals surface area (Å²) >= 11 is 4.69. The Labute approximate surface area is 162 Å². The maximum absolute atomic E-state index is 13.1. The van der Waals surface area contributed by atoms with Gasteiger partial charge in [-0.15, -0.1) is 0 Å². The second kappa shape index (κ2) is 7.39. The van der Waals surface area contributed by atoms with E-state index >= 15 is 0 Å². The highest BCUT2D eigenvalue weighted by Gasteiger charge is 2.52. The minimum absolute atomic E-state index is 0.0170. The Kier molecular flexibility index (Phi) is 6.44. The second-order valence-corrected chi connectivity index (χ2v) is 9.34. The lowest BCUT2D eigenvalue weighted by Gasteiger charge is -2.54. The summed E-state index contributed by atoms with van der Waals surface area (Å²) in [6.45, 7) is 9.48. The molecule has 1 heterocycles. The van der Waals surface area contributed by atoms with Crippen LogP contribution in [0, 0.1) is 0 Å². The van der Waals surface area contributed by atoms with E-state index in [4.69, 9.17) is 0 Å². The van der Waals surface area contributed by atoms with Crippen LogP contribution in [0.1, 0.15) is 59.8 Å². The minimum Gasteiger partial charge on any atom is -0.324 e. The van der Waals surface area contributed by atoms with Crippen molar-refractivity contribution < 1.29 is 4.79 Å². The number of carbonyl (C=O) groups excluding carboxylic acids is 1. The molecule has 1 amide bonds. The van der Waals surface area contributed by atoms with Gasteiger partial charge in [0.25, 0.3) is 0 Å². The van der Waals surface area contributed by atoms with E-state index in [2.05, 4.69) is 86.5 Å². The van der Waals surface area contributed by atoms with Gasteiger partial charge in [0.2, 0.25) is 5.91 Å². The summed E-state index contributed by atoms with van der Waals surface area (Å²) in [7, 11) is 0. The van der Waals surface area contributed by atoms with E-state index in [0.717, 1.165) is 11.0 Å². The topological polar surface area (TPSA) is 35.6 Å². The Morgan fingerprint density at radius 1 is 1.27 bits per heavy atom. The molecule has 1 aliphatic carbocycles. The van der Waals surface area contributed by atoms with Gasteiger partial charge < -0.3 is 4.90 Å². The number of nitrogens with one attached hydrogen (secondary N) is 1. The van der Waals surface area contributed by atoms with Crippen molar-refractivity contribution in [3.63, 3.8) is 0 Å². The first-order valence-electron chi connectivity index (χ1n) is 8.31. The van der Waals surface area contributed by atoms with Gasteiger partial charge in [-0.25, -0.2) is 3.11 Å². The van der Waals surface area contributed by atoms with Crippen molar-refractivity contribution in [1.82, 2.24) is 13.3 Å². The van der Waals surface area contributed by atoms with Crippen molar-refractivity contribution in [1.29, 1.82) is 0 Å². The van der Waals surface area contributed by atoms with Crippen molar-refractivity contribution >= 4 is 51.4 Å². The molecule has 22 heavy (non-hydrogen) atoms. The van der Waals surface area contributed by atoms with Crippen LogP contribution in [0.25, 0.3) is 0 Å². The van der Waals surface area contributed by atoms with Crippen LogP contribution in [0.3, 0.4) is 0 Å². The number of alkyl halides is 1. The summed E-state index contributed by atoms with van der Waals surface area (Å²) in [4.78, 5) is 15.2. The first-order chi connectivity index (χ1) is 10.2. The van der Waals surface area contributed by atoms with Crippen LogP contribution in [0.15, 0.2) is 0 Å². The molecule has 1 N–H and O–H groups in total. The van der Waals surface area contributed by atoms with Crippen LogP contribution in [0.2, 0.25) is 0 Å². The summed E-state index contributed by atoms with van der Waals surface area (Å²) < 4.78 is 3.04. The zero-order chi connectivity index (χ0) is 16.5. The lowest BCUT2D eigenvalue weighted by Crippen LogP contribution is -2.72. The first kappa shape index (κ1) is 19.2. The normalized spacial score (nSPS) is 32.3. The molecular formula is C16H29I2N3O. The Morgan fingerprint density at radius 2 is 1.86 bits per heavy atom. The Bertz CT molecular complexity index is 412. The standard InChI is InChI=1S/C16H29I2N3O/c1-12(19-13-8-6-5-7-9-13)20-11-15(2,3)21(18)16(4,10-17)14(20)22/h12-13,19H,5-11H2,1-4H3. The number of carbonyl (C=O) groups is 1. The van der Waals surface area contributed by atoms with Gasteiger partial charge in [-0.1, -0.05) is 41.9 Å². The molecule has 0 aromatic heterocycles. The van der Waals surface area contributed by atoms with Gasteiger partial charge in [-0.2, -0.15) is 0 Å². The maximum atomic E-state index is 13.1. The molecular weight excluding hydrogens is 504 g/mol. The van der Waals surface area contributed by atoms with Gasteiger partial charge in [-0.05, 0) is 40.5 Å². The first-order valence-corrected chi connectivity index (χ1v) is 10.8. The highest BCUT2D eigenvalue weighted by Crippen LogP contribution is 2.38. The minimum atomic E-state index is -0.425. The second-order valence-electron chi connectivity index (χ2n) is 7.61. The van der Waals surface area contributed by atoms with Crippen LogP contribution in [-0.4, -0.2) is 48.2 Å². The van der Waals surface area contributed by atoms with E-state index in [1.165, 1.54) is 32.1 Å². The molecule has 2 aliphatic rings. The molecule has 1 saturated heterocycles. The van der Waals surface area contributed by atoms with E-state index in [0.29, 0.717) is 6.04 Å². The number of halogens is 2. The third kappa shape index (κ3) is 3.74. The molecule has 2 fully saturated rings. The van der Waals surface area contributed by atoms with Crippen LogP contribution >= 0.6 is 45.5 Å². The number of rotatable bonds is 4. The average molecular weight is 533 g/mol. The third-order valence-electron chi connectivity index (χ3n) is 5.05. The summed E-state index contributed by atoms with van der Waals surface area (Å²) in [5, 5.41) is 3.72. The van der Waals surface area contributed by atoms with Crippen LogP contribution in [-0.2, 0) is 4.79 Å². The van der Waals surface area contributed by atoms with Gasteiger partial charge in [0.05, 0.1) is 6.17 Å². The summed E-state index contributed by atoms with van der Waals surface area (Å²) in [5.41, 5.74) is -0.442. The SMILES string of the molecule is CC(NC1CCCCC1)N1CC(C)(C)N(I)C(C)(CI)C1=O. The Balaban J connectivity index is 2.13. The molecule has 6 heteroatoms. The fraction of sp³-hybridized carbons (Fsp3) is 0.938. The van der Waals surface area contributed by atoms with E-state index in [1.54, 1.807) is 0 Å². The van der Waals surface area contributed by atoms with E-state index in [9.17, 15) is 4.79 Å². The molecule has 0 spiro atoms. The molecule has 1 saturated carbocycles. The molecule has 2 rings (SSSR count). The van der Waals surface area contributed by atoms with Crippen molar-refractivity contribution in [3.05, 3.63) is 0 Å². The summed E-state index contributed by atoms with van der Waals surface area (Å²) in [6, 6.07) is 0.572. The number of nitrogens with zero attached hydrogens (tertiary/aromatic N) is 2. The molecule has 2 atom stereocenters. The Morgan fingerprint density at radius 3 is 2.41 bits per heavy atom. The Hall–Kier alpha value is 0.850. The zero-order valence-corrected chi connectivity index (χ0v) is 18.5. The van der Waals surface area contributed by atoms with Crippen molar-refractivity contribution in [2.24, 2.45) is 0 Å². The molecule has 4 nitrogen and oxygen atoms in total. The fourth-order valence-electron chi connectivity index (χ4n) is 3.73. The number of hydrogen-bond donors (Lipinski definition) is 1. The predicted molar refractivity (Wildman–Crippen MR) is 108 cm³/mol. The molecule has 0 bridgehead atoms. The van der Waals surface area contributed by atoms with Crippen molar-refractivity contribution in [2.45, 2.75) is 83.1 Å². The molecule has 1 aliphatic heterocycles. The largest absolute Gasteiger partial charge is 0.324 e. The third-order valence-corrected chi connectivity index (χ3v) is 8.91. The quantitative estimate of drug-likeness (QED) is 0.340. The molecule has 2 unspecified atom stereocenters. The van der Waals surface area contributed by atoms with E-state index in [-0.39, 0.29) is 17.6 Å². The highest BCUT2D eigenvalue weighted by molar-refractivity contribution is 14.1. The van der Waals surface area contributed by atoms with E-state index < -0.39 is 5.54 Å². The zero-order valence-electron chi connectivity index (χ0n) is 14.2. The van der Waals surface area contributed by atoms with Crippen LogP contribution < -0.4 is 5.32 Å². The van der Waals surface area contributed by atoms with Gasteiger partial charge in [-0.3, -0.25) is 10.1 Å². The summed E-state index contributed by atoms with van der Waals surface area (Å²) in [6.07, 6.45) is 6.60. The van der Waals surface area contributed by atoms with Crippen LogP contribution in [0.4, 0.5) is 0 Å². The van der Waals surface area contributed by atoms with E-state index in [1.807, 2.05) is 0 Å². The highest BCUT2D eigenvalue weighted by atomic mass is 127. The molecule has 0 aromatic rings. The molecule has 0 radical (unpaired) electrons. The van der Waals surface area contributed by atoms with Crippen molar-refractivity contribution in [3.8, 4) is 0 Å². The van der Waals surface area contributed by atoms with Gasteiger partial charge in [0, 0.05) is 45.4 Å². The number of hydrogen-bond acceptors (Lipinski definition) is 3. The predicted octanol–water partition coefficient (Wildman–Crippen LogP) is 3.72. The van der Waals surface area contributed by atoms with Gasteiger partial charge in [0.15, 0.2) is 0 Å². The monoisotopic (exact) mass is 533 g/mol. The van der Waals surface area contributed by atoms with Gasteiger partial charge in [0.1, 0.15) is 5.54 Å². The van der Waals surface area contributed by atoms with Crippen molar-refractivity contribution in [2.75, 3.05) is 11.0 Å². The number of piperazine rings is 1. The van der Waals surface area contributed by atoms with Crippen LogP contribution in [0.5, 0.6) is 0 Å². The lowest BCUT2D eigenvalue weighted by molar-refractivity contribution is -0.152. The van der Waals surface area contributed by atoms with Gasteiger partial charge >= 0.3 is 0 Å². The summed E-state index contributed by atoms with van der Waals surface area (Å²) in [5.74, 6) is 0.256.